The molecule has 1 amide bonds. The zero-order chi connectivity index (χ0) is 20.3. The fourth-order valence-corrected chi connectivity index (χ4v) is 4.43. The van der Waals surface area contributed by atoms with Gasteiger partial charge in [-0.25, -0.2) is 17.9 Å². The number of carbonyl (C=O) groups excluding carboxylic acids is 2. The molecule has 0 spiro atoms. The number of nitrogens with zero attached hydrogens (tertiary/aromatic N) is 1. The highest BCUT2D eigenvalue weighted by Gasteiger charge is 2.22. The Morgan fingerprint density at radius 3 is 2.68 bits per heavy atom. The lowest BCUT2D eigenvalue weighted by Gasteiger charge is -2.17. The number of rotatable bonds is 6. The summed E-state index contributed by atoms with van der Waals surface area (Å²) in [5.41, 5.74) is 2.20. The summed E-state index contributed by atoms with van der Waals surface area (Å²) in [4.78, 5) is 25.4. The third-order valence-electron chi connectivity index (χ3n) is 4.66. The molecule has 3 rings (SSSR count). The number of carbonyl (C=O) groups is 2. The highest BCUT2D eigenvalue weighted by molar-refractivity contribution is 7.89. The van der Waals surface area contributed by atoms with Crippen LogP contribution in [0, 0.1) is 6.92 Å². The van der Waals surface area contributed by atoms with Crippen LogP contribution >= 0.6 is 0 Å². The van der Waals surface area contributed by atoms with Crippen molar-refractivity contribution in [2.75, 3.05) is 18.6 Å². The van der Waals surface area contributed by atoms with Gasteiger partial charge in [0, 0.05) is 25.2 Å². The van der Waals surface area contributed by atoms with Crippen LogP contribution in [0.2, 0.25) is 0 Å². The smallest absolute Gasteiger partial charge is 0.337 e. The van der Waals surface area contributed by atoms with Crippen molar-refractivity contribution >= 4 is 27.6 Å². The second kappa shape index (κ2) is 8.12. The van der Waals surface area contributed by atoms with E-state index in [0.29, 0.717) is 18.5 Å². The van der Waals surface area contributed by atoms with Gasteiger partial charge in [0.1, 0.15) is 0 Å². The maximum absolute atomic E-state index is 12.8. The molecule has 1 saturated heterocycles. The van der Waals surface area contributed by atoms with Crippen LogP contribution in [0.4, 0.5) is 5.69 Å². The molecule has 148 valence electrons. The Morgan fingerprint density at radius 2 is 2.00 bits per heavy atom. The number of hydrogen-bond donors (Lipinski definition) is 1. The van der Waals surface area contributed by atoms with E-state index in [1.165, 1.54) is 19.2 Å². The Bertz CT molecular complexity index is 1020. The molecule has 0 unspecified atom stereocenters. The van der Waals surface area contributed by atoms with Gasteiger partial charge in [-0.05, 0) is 48.7 Å². The zero-order valence-electron chi connectivity index (χ0n) is 15.8. The maximum atomic E-state index is 12.8. The predicted octanol–water partition coefficient (Wildman–Crippen LogP) is 2.39. The van der Waals surface area contributed by atoms with Gasteiger partial charge in [-0.1, -0.05) is 18.2 Å². The number of nitrogens with one attached hydrogen (secondary N) is 1. The van der Waals surface area contributed by atoms with Gasteiger partial charge in [0.15, 0.2) is 0 Å². The summed E-state index contributed by atoms with van der Waals surface area (Å²) in [5.74, 6) is -0.521. The first-order chi connectivity index (χ1) is 13.3. The van der Waals surface area contributed by atoms with Gasteiger partial charge < -0.3 is 9.64 Å². The SMILES string of the molecule is COC(=O)c1ccc(C)c(S(=O)(=O)NCc2cccc(N3CCCC3=O)c2)c1. The standard InChI is InChI=1S/C20H22N2O5S/c1-14-8-9-16(20(24)27-2)12-18(14)28(25,26)21-13-15-5-3-6-17(11-15)22-10-4-7-19(22)23/h3,5-6,8-9,11-12,21H,4,7,10,13H2,1-2H3. The third-order valence-corrected chi connectivity index (χ3v) is 6.20. The highest BCUT2D eigenvalue weighted by atomic mass is 32.2. The Labute approximate surface area is 164 Å². The Balaban J connectivity index is 1.79. The molecule has 2 aromatic rings. The number of hydrogen-bond acceptors (Lipinski definition) is 5. The van der Waals surface area contributed by atoms with E-state index in [-0.39, 0.29) is 22.9 Å². The quantitative estimate of drug-likeness (QED) is 0.749. The van der Waals surface area contributed by atoms with Crippen molar-refractivity contribution in [3.8, 4) is 0 Å². The molecule has 1 N–H and O–H groups in total. The lowest BCUT2D eigenvalue weighted by molar-refractivity contribution is -0.117. The van der Waals surface area contributed by atoms with Crippen LogP contribution in [0.1, 0.15) is 34.3 Å². The Hall–Kier alpha value is -2.71. The van der Waals surface area contributed by atoms with Crippen molar-refractivity contribution < 1.29 is 22.7 Å². The molecule has 0 radical (unpaired) electrons. The van der Waals surface area contributed by atoms with Crippen molar-refractivity contribution in [1.82, 2.24) is 4.72 Å². The third kappa shape index (κ3) is 4.23. The van der Waals surface area contributed by atoms with Gasteiger partial charge in [0.2, 0.25) is 15.9 Å². The lowest BCUT2D eigenvalue weighted by atomic mass is 10.1. The first-order valence-electron chi connectivity index (χ1n) is 8.90. The van der Waals surface area contributed by atoms with Gasteiger partial charge >= 0.3 is 5.97 Å². The fraction of sp³-hybridized carbons (Fsp3) is 0.300. The molecule has 0 aliphatic carbocycles. The number of ether oxygens (including phenoxy) is 1. The van der Waals surface area contributed by atoms with Gasteiger partial charge in [-0.3, -0.25) is 4.79 Å². The largest absolute Gasteiger partial charge is 0.465 e. The molecule has 28 heavy (non-hydrogen) atoms. The van der Waals surface area contributed by atoms with Gasteiger partial charge in [-0.2, -0.15) is 0 Å². The Morgan fingerprint density at radius 1 is 1.21 bits per heavy atom. The van der Waals surface area contributed by atoms with Crippen LogP contribution in [0.5, 0.6) is 0 Å². The second-order valence-corrected chi connectivity index (χ2v) is 8.35. The minimum absolute atomic E-state index is 0.0290. The normalized spacial score (nSPS) is 14.4. The van der Waals surface area contributed by atoms with Gasteiger partial charge in [0.25, 0.3) is 0 Å². The van der Waals surface area contributed by atoms with Crippen LogP contribution in [0.3, 0.4) is 0 Å². The molecule has 0 atom stereocenters. The average molecular weight is 402 g/mol. The highest BCUT2D eigenvalue weighted by Crippen LogP contribution is 2.23. The van der Waals surface area contributed by atoms with Crippen LogP contribution in [0.15, 0.2) is 47.4 Å². The summed E-state index contributed by atoms with van der Waals surface area (Å²) >= 11 is 0. The molecule has 0 saturated carbocycles. The number of methoxy groups -OCH3 is 1. The molecule has 0 aromatic heterocycles. The average Bonchev–Trinajstić information content (AvgIpc) is 3.12. The van der Waals surface area contributed by atoms with Crippen molar-refractivity contribution in [2.45, 2.75) is 31.2 Å². The van der Waals surface area contributed by atoms with E-state index in [1.54, 1.807) is 30.0 Å². The molecule has 1 aliphatic rings. The molecule has 0 bridgehead atoms. The molecular weight excluding hydrogens is 380 g/mol. The first-order valence-corrected chi connectivity index (χ1v) is 10.4. The zero-order valence-corrected chi connectivity index (χ0v) is 16.6. The fourth-order valence-electron chi connectivity index (χ4n) is 3.15. The molecule has 1 fully saturated rings. The molecule has 1 heterocycles. The van der Waals surface area contributed by atoms with Crippen LogP contribution in [-0.4, -0.2) is 33.9 Å². The molecule has 2 aromatic carbocycles. The lowest BCUT2D eigenvalue weighted by Crippen LogP contribution is -2.25. The summed E-state index contributed by atoms with van der Waals surface area (Å²) in [5, 5.41) is 0. The van der Waals surface area contributed by atoms with E-state index in [4.69, 9.17) is 0 Å². The summed E-state index contributed by atoms with van der Waals surface area (Å²) in [6.07, 6.45) is 1.36. The van der Waals surface area contributed by atoms with E-state index in [0.717, 1.165) is 17.7 Å². The number of anilines is 1. The van der Waals surface area contributed by atoms with Gasteiger partial charge in [0.05, 0.1) is 17.6 Å². The van der Waals surface area contributed by atoms with E-state index in [1.807, 2.05) is 12.1 Å². The summed E-state index contributed by atoms with van der Waals surface area (Å²) in [7, 11) is -2.59. The number of benzene rings is 2. The number of sulfonamides is 1. The summed E-state index contributed by atoms with van der Waals surface area (Å²) in [6.45, 7) is 2.41. The molecule has 7 nitrogen and oxygen atoms in total. The van der Waals surface area contributed by atoms with Crippen molar-refractivity contribution in [3.63, 3.8) is 0 Å². The monoisotopic (exact) mass is 402 g/mol. The van der Waals surface area contributed by atoms with E-state index in [2.05, 4.69) is 9.46 Å². The topological polar surface area (TPSA) is 92.8 Å². The van der Waals surface area contributed by atoms with Crippen molar-refractivity contribution in [2.24, 2.45) is 0 Å². The number of amides is 1. The minimum Gasteiger partial charge on any atom is -0.465 e. The van der Waals surface area contributed by atoms with E-state index < -0.39 is 16.0 Å². The van der Waals surface area contributed by atoms with E-state index in [9.17, 15) is 18.0 Å². The van der Waals surface area contributed by atoms with Crippen molar-refractivity contribution in [1.29, 1.82) is 0 Å². The van der Waals surface area contributed by atoms with Gasteiger partial charge in [-0.15, -0.1) is 0 Å². The Kier molecular flexibility index (Phi) is 5.81. The maximum Gasteiger partial charge on any atom is 0.337 e. The number of aryl methyl sites for hydroxylation is 1. The molecule has 8 heteroatoms. The first kappa shape index (κ1) is 20.0. The summed E-state index contributed by atoms with van der Waals surface area (Å²) in [6, 6.07) is 11.6. The van der Waals surface area contributed by atoms with Crippen LogP contribution in [-0.2, 0) is 26.1 Å². The minimum atomic E-state index is -3.83. The van der Waals surface area contributed by atoms with Crippen LogP contribution in [0.25, 0.3) is 0 Å². The van der Waals surface area contributed by atoms with Crippen molar-refractivity contribution in [3.05, 3.63) is 59.2 Å². The number of esters is 1. The van der Waals surface area contributed by atoms with E-state index >= 15 is 0 Å². The molecule has 1 aliphatic heterocycles. The van der Waals surface area contributed by atoms with Crippen LogP contribution < -0.4 is 9.62 Å². The predicted molar refractivity (Wildman–Crippen MR) is 105 cm³/mol. The summed E-state index contributed by atoms with van der Waals surface area (Å²) < 4.78 is 32.7. The second-order valence-electron chi connectivity index (χ2n) is 6.62. The molecular formula is C20H22N2O5S.